The Balaban J connectivity index is 1.72. The zero-order valence-electron chi connectivity index (χ0n) is 11.4. The van der Waals surface area contributed by atoms with Gasteiger partial charge in [0.2, 0.25) is 5.89 Å². The molecular formula is C15H15ClN4O. The summed E-state index contributed by atoms with van der Waals surface area (Å²) in [6.07, 6.45) is 4.34. The number of nitrogens with two attached hydrogens (primary N) is 1. The van der Waals surface area contributed by atoms with Gasteiger partial charge < -0.3 is 14.8 Å². The standard InChI is InChI=1S/C15H15ClN4O/c16-11-3-4-12-10(6-17)7-20(13(12)5-11)8-14-18-15(21-19-14)9-1-2-9/h3-5,7,9H,1-2,6,8,17H2. The smallest absolute Gasteiger partial charge is 0.229 e. The van der Waals surface area contributed by atoms with E-state index in [1.807, 2.05) is 24.4 Å². The number of halogens is 1. The molecule has 0 saturated heterocycles. The van der Waals surface area contributed by atoms with Crippen molar-refractivity contribution < 1.29 is 4.52 Å². The number of benzene rings is 1. The Morgan fingerprint density at radius 1 is 1.38 bits per heavy atom. The van der Waals surface area contributed by atoms with Crippen molar-refractivity contribution in [2.75, 3.05) is 0 Å². The highest BCUT2D eigenvalue weighted by molar-refractivity contribution is 6.31. The molecule has 2 heterocycles. The van der Waals surface area contributed by atoms with E-state index in [9.17, 15) is 0 Å². The first-order chi connectivity index (χ1) is 10.2. The van der Waals surface area contributed by atoms with E-state index in [4.69, 9.17) is 21.9 Å². The molecule has 0 unspecified atom stereocenters. The molecule has 6 heteroatoms. The van der Waals surface area contributed by atoms with Crippen molar-refractivity contribution in [2.45, 2.75) is 31.8 Å². The predicted octanol–water partition coefficient (Wildman–Crippen LogP) is 3.06. The molecule has 1 saturated carbocycles. The van der Waals surface area contributed by atoms with Gasteiger partial charge in [0.05, 0.1) is 12.1 Å². The van der Waals surface area contributed by atoms with Gasteiger partial charge in [-0.15, -0.1) is 0 Å². The van der Waals surface area contributed by atoms with Crippen LogP contribution in [0.4, 0.5) is 0 Å². The van der Waals surface area contributed by atoms with E-state index < -0.39 is 0 Å². The Morgan fingerprint density at radius 2 is 2.24 bits per heavy atom. The first-order valence-electron chi connectivity index (χ1n) is 7.04. The second kappa shape index (κ2) is 4.86. The molecule has 0 amide bonds. The van der Waals surface area contributed by atoms with Gasteiger partial charge in [-0.3, -0.25) is 0 Å². The lowest BCUT2D eigenvalue weighted by molar-refractivity contribution is 0.373. The molecule has 0 aliphatic heterocycles. The molecule has 0 bridgehead atoms. The van der Waals surface area contributed by atoms with Crippen LogP contribution in [-0.2, 0) is 13.1 Å². The van der Waals surface area contributed by atoms with Crippen molar-refractivity contribution in [1.82, 2.24) is 14.7 Å². The van der Waals surface area contributed by atoms with Gasteiger partial charge in [0.1, 0.15) is 0 Å². The Kier molecular flexibility index (Phi) is 2.97. The second-order valence-electron chi connectivity index (χ2n) is 5.47. The lowest BCUT2D eigenvalue weighted by atomic mass is 10.2. The minimum absolute atomic E-state index is 0.474. The average Bonchev–Trinajstić information content (AvgIpc) is 3.14. The van der Waals surface area contributed by atoms with E-state index in [-0.39, 0.29) is 0 Å². The maximum Gasteiger partial charge on any atom is 0.229 e. The van der Waals surface area contributed by atoms with Crippen molar-refractivity contribution in [3.8, 4) is 0 Å². The van der Waals surface area contributed by atoms with Crippen LogP contribution in [0, 0.1) is 0 Å². The molecule has 4 rings (SSSR count). The van der Waals surface area contributed by atoms with Crippen LogP contribution in [0.15, 0.2) is 28.9 Å². The first-order valence-corrected chi connectivity index (χ1v) is 7.42. The van der Waals surface area contributed by atoms with Gasteiger partial charge in [0.25, 0.3) is 0 Å². The Hall–Kier alpha value is -1.85. The zero-order valence-corrected chi connectivity index (χ0v) is 12.2. The van der Waals surface area contributed by atoms with Gasteiger partial charge in [-0.25, -0.2) is 0 Å². The average molecular weight is 303 g/mol. The van der Waals surface area contributed by atoms with Crippen LogP contribution >= 0.6 is 11.6 Å². The van der Waals surface area contributed by atoms with Crippen LogP contribution in [0.5, 0.6) is 0 Å². The fourth-order valence-corrected chi connectivity index (χ4v) is 2.78. The number of fused-ring (bicyclic) bond motifs is 1. The lowest BCUT2D eigenvalue weighted by Crippen LogP contribution is -2.00. The van der Waals surface area contributed by atoms with Crippen LogP contribution in [0.3, 0.4) is 0 Å². The lowest BCUT2D eigenvalue weighted by Gasteiger charge is -2.01. The third-order valence-corrected chi connectivity index (χ3v) is 4.10. The summed E-state index contributed by atoms with van der Waals surface area (Å²) in [5, 5.41) is 5.89. The van der Waals surface area contributed by atoms with E-state index in [1.165, 1.54) is 0 Å². The van der Waals surface area contributed by atoms with Gasteiger partial charge in [-0.2, -0.15) is 4.98 Å². The molecule has 1 aliphatic rings. The molecule has 3 aromatic rings. The summed E-state index contributed by atoms with van der Waals surface area (Å²) in [6.45, 7) is 1.05. The monoisotopic (exact) mass is 302 g/mol. The number of aromatic nitrogens is 3. The summed E-state index contributed by atoms with van der Waals surface area (Å²) in [7, 11) is 0. The van der Waals surface area contributed by atoms with Crippen LogP contribution in [0.1, 0.15) is 36.0 Å². The SMILES string of the molecule is NCc1cn(Cc2noc(C3CC3)n2)c2cc(Cl)ccc12. The topological polar surface area (TPSA) is 69.9 Å². The second-order valence-corrected chi connectivity index (χ2v) is 5.91. The van der Waals surface area contributed by atoms with Gasteiger partial charge >= 0.3 is 0 Å². The minimum Gasteiger partial charge on any atom is -0.339 e. The van der Waals surface area contributed by atoms with E-state index >= 15 is 0 Å². The summed E-state index contributed by atoms with van der Waals surface area (Å²) in [4.78, 5) is 4.47. The molecule has 21 heavy (non-hydrogen) atoms. The molecule has 5 nitrogen and oxygen atoms in total. The van der Waals surface area contributed by atoms with Gasteiger partial charge in [-0.1, -0.05) is 22.8 Å². The van der Waals surface area contributed by atoms with Crippen molar-refractivity contribution in [1.29, 1.82) is 0 Å². The fraction of sp³-hybridized carbons (Fsp3) is 0.333. The van der Waals surface area contributed by atoms with Gasteiger partial charge in [-0.05, 0) is 30.5 Å². The van der Waals surface area contributed by atoms with E-state index in [1.54, 1.807) is 0 Å². The number of hydrogen-bond donors (Lipinski definition) is 1. The molecule has 0 atom stereocenters. The summed E-state index contributed by atoms with van der Waals surface area (Å²) in [5.41, 5.74) is 7.95. The zero-order chi connectivity index (χ0) is 14.4. The van der Waals surface area contributed by atoms with Crippen molar-refractivity contribution in [3.63, 3.8) is 0 Å². The van der Waals surface area contributed by atoms with Crippen molar-refractivity contribution in [3.05, 3.63) is 46.7 Å². The van der Waals surface area contributed by atoms with Crippen molar-refractivity contribution in [2.24, 2.45) is 5.73 Å². The molecule has 0 spiro atoms. The molecule has 108 valence electrons. The number of hydrogen-bond acceptors (Lipinski definition) is 4. The largest absolute Gasteiger partial charge is 0.339 e. The van der Waals surface area contributed by atoms with E-state index in [0.717, 1.165) is 35.2 Å². The third-order valence-electron chi connectivity index (χ3n) is 3.87. The molecular weight excluding hydrogens is 288 g/mol. The van der Waals surface area contributed by atoms with Gasteiger partial charge in [0.15, 0.2) is 5.82 Å². The highest BCUT2D eigenvalue weighted by Crippen LogP contribution is 2.38. The Labute approximate surface area is 126 Å². The fourth-order valence-electron chi connectivity index (χ4n) is 2.61. The van der Waals surface area contributed by atoms with Crippen LogP contribution in [-0.4, -0.2) is 14.7 Å². The highest BCUT2D eigenvalue weighted by atomic mass is 35.5. The van der Waals surface area contributed by atoms with Crippen LogP contribution in [0.2, 0.25) is 5.02 Å². The maximum absolute atomic E-state index is 6.11. The quantitative estimate of drug-likeness (QED) is 0.804. The van der Waals surface area contributed by atoms with Crippen LogP contribution in [0.25, 0.3) is 10.9 Å². The Bertz CT molecular complexity index is 803. The predicted molar refractivity (Wildman–Crippen MR) is 80.2 cm³/mol. The maximum atomic E-state index is 6.11. The molecule has 0 radical (unpaired) electrons. The van der Waals surface area contributed by atoms with Crippen molar-refractivity contribution >= 4 is 22.5 Å². The summed E-state index contributed by atoms with van der Waals surface area (Å²) in [6, 6.07) is 5.83. The molecule has 1 fully saturated rings. The molecule has 2 aromatic heterocycles. The normalized spacial score (nSPS) is 15.0. The van der Waals surface area contributed by atoms with E-state index in [2.05, 4.69) is 14.7 Å². The third kappa shape index (κ3) is 2.32. The highest BCUT2D eigenvalue weighted by Gasteiger charge is 2.29. The molecule has 2 N–H and O–H groups in total. The Morgan fingerprint density at radius 3 is 3.00 bits per heavy atom. The first kappa shape index (κ1) is 12.9. The minimum atomic E-state index is 0.474. The summed E-state index contributed by atoms with van der Waals surface area (Å²) in [5.74, 6) is 1.93. The number of rotatable bonds is 4. The van der Waals surface area contributed by atoms with Gasteiger partial charge in [0, 0.05) is 29.1 Å². The summed E-state index contributed by atoms with van der Waals surface area (Å²) < 4.78 is 7.38. The van der Waals surface area contributed by atoms with E-state index in [0.29, 0.717) is 29.9 Å². The number of nitrogens with zero attached hydrogens (tertiary/aromatic N) is 3. The summed E-state index contributed by atoms with van der Waals surface area (Å²) >= 11 is 6.11. The molecule has 1 aliphatic carbocycles. The van der Waals surface area contributed by atoms with Crippen LogP contribution < -0.4 is 5.73 Å². The molecule has 1 aromatic carbocycles.